The van der Waals surface area contributed by atoms with Crippen molar-refractivity contribution in [3.8, 4) is 5.75 Å². The number of hydrogen-bond donors (Lipinski definition) is 1. The molecular formula is C32H65NO3. The predicted octanol–water partition coefficient (Wildman–Crippen LogP) is 8.97. The van der Waals surface area contributed by atoms with Crippen LogP contribution in [0.2, 0.25) is 0 Å². The van der Waals surface area contributed by atoms with Crippen LogP contribution < -0.4 is 4.74 Å². The topological polar surface area (TPSA) is 49.8 Å². The van der Waals surface area contributed by atoms with Crippen LogP contribution in [0.4, 0.5) is 0 Å². The number of carbonyl (C=O) groups excluding carboxylic acids is 1. The number of benzene rings is 1. The van der Waals surface area contributed by atoms with Gasteiger partial charge in [-0.3, -0.25) is 4.79 Å². The van der Waals surface area contributed by atoms with Crippen molar-refractivity contribution in [2.45, 2.75) is 128 Å². The molecule has 2 rings (SSSR count). The monoisotopic (exact) mass is 511 g/mol. The molecule has 1 saturated heterocycles. The van der Waals surface area contributed by atoms with Crippen LogP contribution in [0.3, 0.4) is 0 Å². The van der Waals surface area contributed by atoms with Gasteiger partial charge in [0, 0.05) is 31.5 Å². The molecule has 0 aromatic heterocycles. The van der Waals surface area contributed by atoms with Crippen LogP contribution in [0.1, 0.15) is 120 Å². The predicted molar refractivity (Wildman–Crippen MR) is 162 cm³/mol. The Balaban J connectivity index is -0.000000243. The highest BCUT2D eigenvalue weighted by Crippen LogP contribution is 2.24. The summed E-state index contributed by atoms with van der Waals surface area (Å²) in [5, 5.41) is 7.00. The number of ketones is 1. The molecule has 1 aromatic carbocycles. The van der Waals surface area contributed by atoms with E-state index in [1.165, 1.54) is 50.8 Å². The van der Waals surface area contributed by atoms with Gasteiger partial charge < -0.3 is 14.7 Å². The number of aliphatic hydroxyl groups excluding tert-OH is 1. The van der Waals surface area contributed by atoms with E-state index in [-0.39, 0.29) is 5.92 Å². The molecule has 216 valence electrons. The van der Waals surface area contributed by atoms with Crippen LogP contribution in [0.5, 0.6) is 5.75 Å². The molecular weight excluding hydrogens is 446 g/mol. The maximum absolute atomic E-state index is 10.7. The van der Waals surface area contributed by atoms with Crippen LogP contribution in [0, 0.1) is 18.8 Å². The molecule has 4 heteroatoms. The number of carbonyl (C=O) groups is 1. The number of aliphatic hydroxyl groups is 1. The van der Waals surface area contributed by atoms with E-state index in [1.807, 2.05) is 48.5 Å². The Bertz CT molecular complexity index is 545. The fourth-order valence-electron chi connectivity index (χ4n) is 3.69. The van der Waals surface area contributed by atoms with Gasteiger partial charge in [-0.15, -0.1) is 0 Å². The molecule has 4 nitrogen and oxygen atoms in total. The van der Waals surface area contributed by atoms with Crippen molar-refractivity contribution in [3.63, 3.8) is 0 Å². The first kappa shape index (κ1) is 41.7. The molecule has 0 saturated carbocycles. The van der Waals surface area contributed by atoms with Crippen molar-refractivity contribution in [2.24, 2.45) is 11.8 Å². The first-order chi connectivity index (χ1) is 17.4. The van der Waals surface area contributed by atoms with Crippen molar-refractivity contribution < 1.29 is 14.6 Å². The van der Waals surface area contributed by atoms with Gasteiger partial charge in [0.05, 0.1) is 6.61 Å². The van der Waals surface area contributed by atoms with Gasteiger partial charge >= 0.3 is 0 Å². The van der Waals surface area contributed by atoms with Crippen molar-refractivity contribution in [1.82, 2.24) is 4.90 Å². The van der Waals surface area contributed by atoms with Gasteiger partial charge in [-0.1, -0.05) is 99.3 Å². The first-order valence-electron chi connectivity index (χ1n) is 14.8. The van der Waals surface area contributed by atoms with Crippen LogP contribution >= 0.6 is 0 Å². The Kier molecular flexibility index (Phi) is 36.7. The number of likely N-dealkylation sites (tertiary alicyclic amines) is 1. The third-order valence-electron chi connectivity index (χ3n) is 5.74. The van der Waals surface area contributed by atoms with Gasteiger partial charge in [-0.05, 0) is 58.7 Å². The largest absolute Gasteiger partial charge is 0.493 e. The van der Waals surface area contributed by atoms with Crippen molar-refractivity contribution in [2.75, 3.05) is 26.8 Å². The lowest BCUT2D eigenvalue weighted by Gasteiger charge is -2.19. The van der Waals surface area contributed by atoms with E-state index < -0.39 is 0 Å². The first-order valence-corrected chi connectivity index (χ1v) is 14.8. The summed E-state index contributed by atoms with van der Waals surface area (Å²) in [5.74, 6) is 2.30. The van der Waals surface area contributed by atoms with Gasteiger partial charge in [0.25, 0.3) is 0 Å². The number of aryl methyl sites for hydroxylation is 1. The van der Waals surface area contributed by atoms with Gasteiger partial charge in [-0.25, -0.2) is 0 Å². The Labute approximate surface area is 227 Å². The van der Waals surface area contributed by atoms with Crippen molar-refractivity contribution >= 4 is 5.78 Å². The molecule has 3 atom stereocenters. The highest BCUT2D eigenvalue weighted by molar-refractivity contribution is 5.77. The van der Waals surface area contributed by atoms with Crippen molar-refractivity contribution in [1.29, 1.82) is 0 Å². The minimum absolute atomic E-state index is 0.284. The van der Waals surface area contributed by atoms with Crippen LogP contribution in [0.15, 0.2) is 24.3 Å². The molecule has 36 heavy (non-hydrogen) atoms. The second-order valence-electron chi connectivity index (χ2n) is 8.58. The Morgan fingerprint density at radius 3 is 1.97 bits per heavy atom. The van der Waals surface area contributed by atoms with E-state index in [0.29, 0.717) is 11.7 Å². The number of hydrogen-bond acceptors (Lipinski definition) is 4. The number of rotatable bonds is 10. The summed E-state index contributed by atoms with van der Waals surface area (Å²) in [6.45, 7) is 27.8. The summed E-state index contributed by atoms with van der Waals surface area (Å²) in [5.41, 5.74) is 1.28. The van der Waals surface area contributed by atoms with Gasteiger partial charge in [0.2, 0.25) is 0 Å². The highest BCUT2D eigenvalue weighted by atomic mass is 16.5. The van der Waals surface area contributed by atoms with Gasteiger partial charge in [0.15, 0.2) is 0 Å². The van der Waals surface area contributed by atoms with Crippen molar-refractivity contribution in [3.05, 3.63) is 29.8 Å². The number of nitrogens with zero attached hydrogens (tertiary/aromatic N) is 1. The molecule has 1 aliphatic heterocycles. The summed E-state index contributed by atoms with van der Waals surface area (Å²) in [6.07, 6.45) is 7.30. The number of ether oxygens (including phenoxy) is 1. The Morgan fingerprint density at radius 1 is 1.00 bits per heavy atom. The number of unbranched alkanes of at least 4 members (excludes halogenated alkanes) is 2. The zero-order valence-electron chi connectivity index (χ0n) is 26.6. The molecule has 0 aliphatic carbocycles. The lowest BCUT2D eigenvalue weighted by molar-refractivity contribution is -0.120. The fourth-order valence-corrected chi connectivity index (χ4v) is 3.69. The number of Topliss-reactive ketones (excluding diaryl/α,β-unsaturated/α-hetero) is 1. The second-order valence-corrected chi connectivity index (χ2v) is 8.58. The molecule has 1 fully saturated rings. The maximum Gasteiger partial charge on any atom is 0.132 e. The molecule has 0 amide bonds. The van der Waals surface area contributed by atoms with E-state index in [0.717, 1.165) is 31.9 Å². The van der Waals surface area contributed by atoms with Gasteiger partial charge in [0.1, 0.15) is 11.5 Å². The molecule has 1 aromatic rings. The molecule has 3 unspecified atom stereocenters. The zero-order valence-corrected chi connectivity index (χ0v) is 26.6. The average molecular weight is 512 g/mol. The zero-order chi connectivity index (χ0) is 28.9. The SMILES string of the molecule is CC.CC.CC.CCCCCC(C)C(C)=O.CCCN1CC(COc2ccc(C)cc2)CC1C.CO. The molecule has 0 radical (unpaired) electrons. The standard InChI is InChI=1S/C16H25NO.C9H18O.3C2H6.CH4O/c1-4-9-17-11-15(10-14(17)3)12-18-16-7-5-13(2)6-8-16;1-4-5-6-7-8(2)9(3)10;4*1-2/h5-8,14-15H,4,9-12H2,1-3H3;8H,4-7H2,1-3H3;3*1-2H3;2H,1H3. The molecule has 1 N–H and O–H groups in total. The normalized spacial score (nSPS) is 16.5. The van der Waals surface area contributed by atoms with E-state index >= 15 is 0 Å². The molecule has 1 heterocycles. The van der Waals surface area contributed by atoms with Crippen LogP contribution in [-0.4, -0.2) is 48.6 Å². The molecule has 1 aliphatic rings. The minimum atomic E-state index is 0.284. The third kappa shape index (κ3) is 23.0. The summed E-state index contributed by atoms with van der Waals surface area (Å²) < 4.78 is 5.89. The Hall–Kier alpha value is -1.39. The summed E-state index contributed by atoms with van der Waals surface area (Å²) >= 11 is 0. The van der Waals surface area contributed by atoms with Crippen LogP contribution in [-0.2, 0) is 4.79 Å². The quantitative estimate of drug-likeness (QED) is 0.318. The van der Waals surface area contributed by atoms with E-state index in [1.54, 1.807) is 6.92 Å². The van der Waals surface area contributed by atoms with E-state index in [4.69, 9.17) is 9.84 Å². The van der Waals surface area contributed by atoms with Gasteiger partial charge in [-0.2, -0.15) is 0 Å². The van der Waals surface area contributed by atoms with E-state index in [9.17, 15) is 4.79 Å². The van der Waals surface area contributed by atoms with Crippen LogP contribution in [0.25, 0.3) is 0 Å². The summed E-state index contributed by atoms with van der Waals surface area (Å²) in [7, 11) is 1.00. The molecule has 0 bridgehead atoms. The fraction of sp³-hybridized carbons (Fsp3) is 0.781. The minimum Gasteiger partial charge on any atom is -0.493 e. The maximum atomic E-state index is 10.7. The smallest absolute Gasteiger partial charge is 0.132 e. The Morgan fingerprint density at radius 2 is 1.53 bits per heavy atom. The van der Waals surface area contributed by atoms with E-state index in [2.05, 4.69) is 56.9 Å². The third-order valence-corrected chi connectivity index (χ3v) is 5.74. The second kappa shape index (κ2) is 31.6. The lowest BCUT2D eigenvalue weighted by Crippen LogP contribution is -2.28. The summed E-state index contributed by atoms with van der Waals surface area (Å²) in [6, 6.07) is 9.07. The lowest BCUT2D eigenvalue weighted by atomic mass is 10.0. The highest BCUT2D eigenvalue weighted by Gasteiger charge is 2.28. The average Bonchev–Trinajstić information content (AvgIpc) is 3.28. The summed E-state index contributed by atoms with van der Waals surface area (Å²) in [4.78, 5) is 13.3. The molecule has 0 spiro atoms.